The van der Waals surface area contributed by atoms with E-state index in [4.69, 9.17) is 46.9 Å². The SMILES string of the molecule is CC(=O)O[C@@H]1[C@H](OC(C)=O)[C@H](OC(C)=O)CO[C@H]1n1c(Br)nc2cc(C)c(Cl)cc21.Cc1cc2nc(Br)n([C@@H]3OC[C@@H](O)[C@@H](O)[C@H]3O)c2cc1Cl. The summed E-state index contributed by atoms with van der Waals surface area (Å²) >= 11 is 19.2. The van der Waals surface area contributed by atoms with E-state index in [1.807, 2.05) is 26.0 Å². The smallest absolute Gasteiger partial charge is 0.303 e. The molecule has 2 aliphatic heterocycles. The molecule has 2 aromatic carbocycles. The van der Waals surface area contributed by atoms with E-state index in [1.165, 1.54) is 20.8 Å². The summed E-state index contributed by atoms with van der Waals surface area (Å²) in [5.41, 5.74) is 4.36. The fourth-order valence-electron chi connectivity index (χ4n) is 5.83. The Labute approximate surface area is 317 Å². The summed E-state index contributed by atoms with van der Waals surface area (Å²) in [6, 6.07) is 7.10. The Hall–Kier alpha value is -2.87. The summed E-state index contributed by atoms with van der Waals surface area (Å²) in [4.78, 5) is 43.9. The number of hydrogen-bond acceptors (Lipinski definition) is 13. The van der Waals surface area contributed by atoms with Crippen molar-refractivity contribution in [1.29, 1.82) is 0 Å². The van der Waals surface area contributed by atoms with Gasteiger partial charge in [-0.3, -0.25) is 23.5 Å². The molecule has 2 aliphatic rings. The van der Waals surface area contributed by atoms with E-state index >= 15 is 0 Å². The van der Waals surface area contributed by atoms with E-state index in [-0.39, 0.29) is 13.2 Å². The number of nitrogens with zero attached hydrogens (tertiary/aromatic N) is 4. The van der Waals surface area contributed by atoms with Crippen LogP contribution in [0.5, 0.6) is 0 Å². The number of carbonyl (C=O) groups excluding carboxylic acids is 3. The van der Waals surface area contributed by atoms with Gasteiger partial charge in [-0.1, -0.05) is 23.2 Å². The molecule has 2 saturated heterocycles. The van der Waals surface area contributed by atoms with Crippen LogP contribution in [-0.2, 0) is 38.1 Å². The molecule has 0 aliphatic carbocycles. The number of halogens is 4. The molecule has 276 valence electrons. The number of aliphatic hydroxyl groups is 3. The van der Waals surface area contributed by atoms with Crippen molar-refractivity contribution in [2.45, 2.75) is 83.7 Å². The molecule has 51 heavy (non-hydrogen) atoms. The first-order valence-electron chi connectivity index (χ1n) is 15.4. The van der Waals surface area contributed by atoms with Gasteiger partial charge >= 0.3 is 17.9 Å². The van der Waals surface area contributed by atoms with Crippen molar-refractivity contribution in [3.63, 3.8) is 0 Å². The zero-order valence-electron chi connectivity index (χ0n) is 27.8. The molecule has 4 aromatic rings. The van der Waals surface area contributed by atoms with Crippen LogP contribution in [0.1, 0.15) is 44.4 Å². The molecular formula is C32H34Br2Cl2N4O11. The zero-order chi connectivity index (χ0) is 37.5. The van der Waals surface area contributed by atoms with Gasteiger partial charge in [0.05, 0.1) is 35.3 Å². The van der Waals surface area contributed by atoms with E-state index in [0.717, 1.165) is 11.1 Å². The maximum atomic E-state index is 11.9. The summed E-state index contributed by atoms with van der Waals surface area (Å²) in [5.74, 6) is -1.83. The van der Waals surface area contributed by atoms with Crippen molar-refractivity contribution < 1.29 is 53.4 Å². The van der Waals surface area contributed by atoms with Crippen LogP contribution >= 0.6 is 55.1 Å². The second kappa shape index (κ2) is 16.0. The molecule has 2 aromatic heterocycles. The molecule has 8 atom stereocenters. The number of rotatable bonds is 5. The van der Waals surface area contributed by atoms with E-state index in [1.54, 1.807) is 21.3 Å². The second-order valence-corrected chi connectivity index (χ2v) is 14.2. The van der Waals surface area contributed by atoms with E-state index in [2.05, 4.69) is 41.8 Å². The number of esters is 3. The van der Waals surface area contributed by atoms with Gasteiger partial charge in [0.2, 0.25) is 0 Å². The number of hydrogen-bond donors (Lipinski definition) is 3. The van der Waals surface area contributed by atoms with Crippen LogP contribution < -0.4 is 0 Å². The summed E-state index contributed by atoms with van der Waals surface area (Å²) in [7, 11) is 0. The fourth-order valence-corrected chi connectivity index (χ4v) is 7.31. The van der Waals surface area contributed by atoms with Gasteiger partial charge in [0.25, 0.3) is 0 Å². The van der Waals surface area contributed by atoms with Gasteiger partial charge in [0.1, 0.15) is 18.3 Å². The summed E-state index contributed by atoms with van der Waals surface area (Å²) in [5, 5.41) is 30.6. The number of aromatic nitrogens is 4. The normalized spacial score (nSPS) is 26.4. The van der Waals surface area contributed by atoms with E-state index in [0.29, 0.717) is 41.6 Å². The summed E-state index contributed by atoms with van der Waals surface area (Å²) < 4.78 is 31.6. The summed E-state index contributed by atoms with van der Waals surface area (Å²) in [6.07, 6.45) is -8.61. The third kappa shape index (κ3) is 8.36. The molecule has 0 unspecified atom stereocenters. The predicted molar refractivity (Wildman–Crippen MR) is 189 cm³/mol. The van der Waals surface area contributed by atoms with Gasteiger partial charge < -0.3 is 39.0 Å². The molecule has 0 saturated carbocycles. The van der Waals surface area contributed by atoms with Crippen LogP contribution in [0.2, 0.25) is 10.0 Å². The highest BCUT2D eigenvalue weighted by Gasteiger charge is 2.48. The van der Waals surface area contributed by atoms with Crippen molar-refractivity contribution in [2.24, 2.45) is 0 Å². The van der Waals surface area contributed by atoms with Crippen LogP contribution in [-0.4, -0.2) is 102 Å². The highest BCUT2D eigenvalue weighted by molar-refractivity contribution is 9.10. The molecule has 15 nitrogen and oxygen atoms in total. The molecule has 3 N–H and O–H groups in total. The zero-order valence-corrected chi connectivity index (χ0v) is 32.4. The van der Waals surface area contributed by atoms with Crippen LogP contribution in [0.3, 0.4) is 0 Å². The van der Waals surface area contributed by atoms with Crippen LogP contribution in [0.15, 0.2) is 33.7 Å². The highest BCUT2D eigenvalue weighted by atomic mass is 79.9. The quantitative estimate of drug-likeness (QED) is 0.188. The molecular weight excluding hydrogens is 847 g/mol. The lowest BCUT2D eigenvalue weighted by molar-refractivity contribution is -0.239. The lowest BCUT2D eigenvalue weighted by Gasteiger charge is -2.41. The standard InChI is InChI=1S/C19H20BrClN2O7.C13H14BrClN2O4/c1-8-5-13-14(6-12(8)21)23(19(20)22-13)18-17(30-11(4)26)16(29-10(3)25)15(7-27-18)28-9(2)24;1-5-2-7-8(3-6(5)15)17(13(14)16-7)12-11(20)10(19)9(18)4-21-12/h5-6,15-18H,7H2,1-4H3;2-3,9-12,18-20H,4H2,1H3/t15-,16-,17-,18-;9-,10-,11-,12-/m11/s1. The predicted octanol–water partition coefficient (Wildman–Crippen LogP) is 4.46. The average Bonchev–Trinajstić information content (AvgIpc) is 3.51. The lowest BCUT2D eigenvalue weighted by Crippen LogP contribution is -2.55. The molecule has 0 radical (unpaired) electrons. The van der Waals surface area contributed by atoms with Crippen molar-refractivity contribution in [3.8, 4) is 0 Å². The Balaban J connectivity index is 0.000000210. The monoisotopic (exact) mass is 878 g/mol. The second-order valence-electron chi connectivity index (χ2n) is 12.0. The van der Waals surface area contributed by atoms with Crippen LogP contribution in [0.25, 0.3) is 22.1 Å². The van der Waals surface area contributed by atoms with Crippen molar-refractivity contribution >= 4 is 95.0 Å². The molecule has 6 rings (SSSR count). The number of benzene rings is 2. The van der Waals surface area contributed by atoms with Gasteiger partial charge in [-0.2, -0.15) is 0 Å². The van der Waals surface area contributed by atoms with Gasteiger partial charge in [0.15, 0.2) is 40.2 Å². The minimum atomic E-state index is -1.28. The van der Waals surface area contributed by atoms with E-state index < -0.39 is 67.0 Å². The Bertz CT molecular complexity index is 1970. The first kappa shape index (κ1) is 39.3. The minimum absolute atomic E-state index is 0.0748. The molecule has 4 heterocycles. The maximum Gasteiger partial charge on any atom is 0.303 e. The largest absolute Gasteiger partial charge is 0.456 e. The third-order valence-electron chi connectivity index (χ3n) is 8.16. The Kier molecular flexibility index (Phi) is 12.4. The minimum Gasteiger partial charge on any atom is -0.456 e. The molecule has 0 bridgehead atoms. The number of aryl methyl sites for hydroxylation is 2. The van der Waals surface area contributed by atoms with Crippen molar-refractivity contribution in [3.05, 3.63) is 54.9 Å². The molecule has 0 spiro atoms. The first-order chi connectivity index (χ1) is 24.0. The number of fused-ring (bicyclic) bond motifs is 2. The first-order valence-corrected chi connectivity index (χ1v) is 17.8. The number of imidazole rings is 2. The molecule has 19 heteroatoms. The van der Waals surface area contributed by atoms with Crippen molar-refractivity contribution in [1.82, 2.24) is 19.1 Å². The van der Waals surface area contributed by atoms with Gasteiger partial charge in [-0.25, -0.2) is 9.97 Å². The highest BCUT2D eigenvalue weighted by Crippen LogP contribution is 2.37. The fraction of sp³-hybridized carbons (Fsp3) is 0.469. The Morgan fingerprint density at radius 2 is 1.18 bits per heavy atom. The number of carbonyl (C=O) groups is 3. The van der Waals surface area contributed by atoms with E-state index in [9.17, 15) is 29.7 Å². The Morgan fingerprint density at radius 3 is 1.67 bits per heavy atom. The van der Waals surface area contributed by atoms with Crippen LogP contribution in [0.4, 0.5) is 0 Å². The van der Waals surface area contributed by atoms with Crippen LogP contribution in [0, 0.1) is 13.8 Å². The van der Waals surface area contributed by atoms with Gasteiger partial charge in [-0.15, -0.1) is 0 Å². The van der Waals surface area contributed by atoms with Gasteiger partial charge in [0, 0.05) is 30.8 Å². The third-order valence-corrected chi connectivity index (χ3v) is 10.1. The molecule has 2 fully saturated rings. The number of aliphatic hydroxyl groups excluding tert-OH is 3. The van der Waals surface area contributed by atoms with Gasteiger partial charge in [-0.05, 0) is 81.1 Å². The topological polar surface area (TPSA) is 194 Å². The average molecular weight is 881 g/mol. The summed E-state index contributed by atoms with van der Waals surface area (Å²) in [6.45, 7) is 7.22. The lowest BCUT2D eigenvalue weighted by atomic mass is 10.0. The Morgan fingerprint density at radius 1 is 0.725 bits per heavy atom. The number of ether oxygens (including phenoxy) is 5. The molecule has 0 amide bonds. The van der Waals surface area contributed by atoms with Crippen molar-refractivity contribution in [2.75, 3.05) is 13.2 Å². The maximum absolute atomic E-state index is 11.9.